The van der Waals surface area contributed by atoms with Crippen LogP contribution >= 0.6 is 11.6 Å². The molecule has 1 aliphatic heterocycles. The largest absolute Gasteiger partial charge is 0.377 e. The lowest BCUT2D eigenvalue weighted by atomic mass is 10.1. The van der Waals surface area contributed by atoms with Gasteiger partial charge in [-0.15, -0.1) is 0 Å². The Balaban J connectivity index is 2.13. The lowest BCUT2D eigenvalue weighted by Gasteiger charge is -2.36. The topological polar surface area (TPSA) is 67.6 Å². The number of nitrogens with one attached hydrogen (secondary N) is 1. The van der Waals surface area contributed by atoms with Gasteiger partial charge in [0.2, 0.25) is 5.91 Å². The fourth-order valence-electron chi connectivity index (χ4n) is 2.43. The molecule has 1 heterocycles. The minimum Gasteiger partial charge on any atom is -0.377 e. The van der Waals surface area contributed by atoms with Crippen molar-refractivity contribution in [3.8, 4) is 0 Å². The predicted octanol–water partition coefficient (Wildman–Crippen LogP) is 1.53. The number of anilines is 1. The Bertz CT molecular complexity index is 496. The maximum absolute atomic E-state index is 11.5. The van der Waals surface area contributed by atoms with E-state index in [0.717, 1.165) is 30.8 Å². The Hall–Kier alpha value is -1.30. The number of amides is 1. The summed E-state index contributed by atoms with van der Waals surface area (Å²) in [4.78, 5) is 13.5. The maximum atomic E-state index is 11.5. The first kappa shape index (κ1) is 16.1. The Kier molecular flexibility index (Phi) is 5.85. The molecule has 1 fully saturated rings. The van der Waals surface area contributed by atoms with Crippen molar-refractivity contribution in [3.63, 3.8) is 0 Å². The molecule has 1 unspecified atom stereocenters. The first-order valence-electron chi connectivity index (χ1n) is 7.26. The number of nitrogens with two attached hydrogens (primary N) is 1. The third-order valence-electron chi connectivity index (χ3n) is 3.53. The summed E-state index contributed by atoms with van der Waals surface area (Å²) in [5.74, 6) is -0.389. The van der Waals surface area contributed by atoms with Crippen LogP contribution in [0.3, 0.4) is 0 Å². The van der Waals surface area contributed by atoms with Crippen LogP contribution in [0, 0.1) is 0 Å². The number of primary amides is 1. The molecule has 1 aromatic carbocycles. The molecular formula is C15H22ClN3O2. The fourth-order valence-corrected chi connectivity index (χ4v) is 2.74. The van der Waals surface area contributed by atoms with Crippen molar-refractivity contribution in [2.45, 2.75) is 25.9 Å². The van der Waals surface area contributed by atoms with Crippen molar-refractivity contribution >= 4 is 23.2 Å². The van der Waals surface area contributed by atoms with E-state index >= 15 is 0 Å². The van der Waals surface area contributed by atoms with Crippen LogP contribution in [0.15, 0.2) is 18.2 Å². The number of ether oxygens (including phenoxy) is 1. The summed E-state index contributed by atoms with van der Waals surface area (Å²) in [5.41, 5.74) is 7.40. The zero-order chi connectivity index (χ0) is 15.2. The third kappa shape index (κ3) is 4.09. The van der Waals surface area contributed by atoms with Crippen molar-refractivity contribution in [2.24, 2.45) is 5.73 Å². The number of halogens is 1. The van der Waals surface area contributed by atoms with E-state index in [1.807, 2.05) is 23.1 Å². The zero-order valence-corrected chi connectivity index (χ0v) is 13.0. The number of nitrogens with zero attached hydrogens (tertiary/aromatic N) is 1. The minimum atomic E-state index is -0.458. The van der Waals surface area contributed by atoms with Crippen LogP contribution in [0.4, 0.5) is 5.69 Å². The van der Waals surface area contributed by atoms with Gasteiger partial charge < -0.3 is 20.7 Å². The van der Waals surface area contributed by atoms with Crippen LogP contribution in [-0.2, 0) is 16.1 Å². The lowest BCUT2D eigenvalue weighted by molar-refractivity contribution is -0.121. The van der Waals surface area contributed by atoms with Gasteiger partial charge in [0.05, 0.1) is 23.9 Å². The second-order valence-corrected chi connectivity index (χ2v) is 5.56. The molecule has 0 bridgehead atoms. The van der Waals surface area contributed by atoms with Crippen molar-refractivity contribution < 1.29 is 9.53 Å². The standard InChI is InChI=1S/C15H22ClN3O2/c1-2-5-18-9-11-3-4-13(12(16)8-11)19-6-7-21-10-14(19)15(17)20/h3-4,8,14,18H,2,5-7,9-10H2,1H3,(H2,17,20). The summed E-state index contributed by atoms with van der Waals surface area (Å²) in [6, 6.07) is 5.46. The van der Waals surface area contributed by atoms with Crippen LogP contribution in [0.1, 0.15) is 18.9 Å². The highest BCUT2D eigenvalue weighted by Crippen LogP contribution is 2.29. The van der Waals surface area contributed by atoms with Crippen molar-refractivity contribution in [1.29, 1.82) is 0 Å². The van der Waals surface area contributed by atoms with Crippen LogP contribution in [-0.4, -0.2) is 38.3 Å². The molecule has 1 atom stereocenters. The maximum Gasteiger partial charge on any atom is 0.242 e. The number of morpholine rings is 1. The molecule has 1 saturated heterocycles. The van der Waals surface area contributed by atoms with E-state index in [-0.39, 0.29) is 5.91 Å². The van der Waals surface area contributed by atoms with E-state index in [1.54, 1.807) is 0 Å². The molecule has 0 spiro atoms. The number of carbonyl (C=O) groups is 1. The number of carbonyl (C=O) groups excluding carboxylic acids is 1. The Morgan fingerprint density at radius 2 is 2.38 bits per heavy atom. The molecule has 2 rings (SSSR count). The van der Waals surface area contributed by atoms with Gasteiger partial charge in [0, 0.05) is 13.1 Å². The van der Waals surface area contributed by atoms with Gasteiger partial charge in [-0.1, -0.05) is 24.6 Å². The number of hydrogen-bond acceptors (Lipinski definition) is 4. The van der Waals surface area contributed by atoms with Gasteiger partial charge in [0.15, 0.2) is 0 Å². The molecule has 0 saturated carbocycles. The second kappa shape index (κ2) is 7.64. The van der Waals surface area contributed by atoms with Crippen LogP contribution < -0.4 is 16.0 Å². The molecule has 21 heavy (non-hydrogen) atoms. The predicted molar refractivity (Wildman–Crippen MR) is 84.6 cm³/mol. The Labute approximate surface area is 130 Å². The Morgan fingerprint density at radius 3 is 3.05 bits per heavy atom. The third-order valence-corrected chi connectivity index (χ3v) is 3.84. The molecular weight excluding hydrogens is 290 g/mol. The first-order chi connectivity index (χ1) is 10.1. The molecule has 1 aliphatic rings. The smallest absolute Gasteiger partial charge is 0.242 e. The van der Waals surface area contributed by atoms with E-state index in [0.29, 0.717) is 24.8 Å². The molecule has 0 aromatic heterocycles. The number of hydrogen-bond donors (Lipinski definition) is 2. The Morgan fingerprint density at radius 1 is 1.57 bits per heavy atom. The van der Waals surface area contributed by atoms with Gasteiger partial charge >= 0.3 is 0 Å². The van der Waals surface area contributed by atoms with E-state index < -0.39 is 6.04 Å². The average Bonchev–Trinajstić information content (AvgIpc) is 2.48. The fraction of sp³-hybridized carbons (Fsp3) is 0.533. The SMILES string of the molecule is CCCNCc1ccc(N2CCOCC2C(N)=O)c(Cl)c1. The van der Waals surface area contributed by atoms with E-state index in [2.05, 4.69) is 12.2 Å². The van der Waals surface area contributed by atoms with Gasteiger partial charge in [0.1, 0.15) is 6.04 Å². The summed E-state index contributed by atoms with van der Waals surface area (Å²) in [6.07, 6.45) is 1.10. The van der Waals surface area contributed by atoms with Gasteiger partial charge in [-0.3, -0.25) is 4.79 Å². The normalized spacial score (nSPS) is 18.8. The summed E-state index contributed by atoms with van der Waals surface area (Å²) >= 11 is 6.38. The van der Waals surface area contributed by atoms with Crippen molar-refractivity contribution in [2.75, 3.05) is 31.2 Å². The highest BCUT2D eigenvalue weighted by molar-refractivity contribution is 6.33. The molecule has 5 nitrogen and oxygen atoms in total. The summed E-state index contributed by atoms with van der Waals surface area (Å²) in [6.45, 7) is 5.39. The number of rotatable bonds is 6. The van der Waals surface area contributed by atoms with Gasteiger partial charge in [0.25, 0.3) is 0 Å². The van der Waals surface area contributed by atoms with E-state index in [4.69, 9.17) is 22.1 Å². The second-order valence-electron chi connectivity index (χ2n) is 5.15. The monoisotopic (exact) mass is 311 g/mol. The summed E-state index contributed by atoms with van der Waals surface area (Å²) in [5, 5.41) is 3.98. The van der Waals surface area contributed by atoms with Gasteiger partial charge in [-0.2, -0.15) is 0 Å². The van der Waals surface area contributed by atoms with Crippen molar-refractivity contribution in [3.05, 3.63) is 28.8 Å². The van der Waals surface area contributed by atoms with E-state index in [1.165, 1.54) is 0 Å². The highest BCUT2D eigenvalue weighted by atomic mass is 35.5. The first-order valence-corrected chi connectivity index (χ1v) is 7.64. The molecule has 3 N–H and O–H groups in total. The van der Waals surface area contributed by atoms with Crippen LogP contribution in [0.5, 0.6) is 0 Å². The van der Waals surface area contributed by atoms with Gasteiger partial charge in [-0.05, 0) is 30.7 Å². The molecule has 1 amide bonds. The molecule has 6 heteroatoms. The lowest BCUT2D eigenvalue weighted by Crippen LogP contribution is -2.52. The molecule has 116 valence electrons. The minimum absolute atomic E-state index is 0.311. The summed E-state index contributed by atoms with van der Waals surface area (Å²) < 4.78 is 5.33. The van der Waals surface area contributed by atoms with Crippen molar-refractivity contribution in [1.82, 2.24) is 5.32 Å². The molecule has 0 radical (unpaired) electrons. The quantitative estimate of drug-likeness (QED) is 0.782. The van der Waals surface area contributed by atoms with Crippen LogP contribution in [0.25, 0.3) is 0 Å². The molecule has 1 aromatic rings. The van der Waals surface area contributed by atoms with Gasteiger partial charge in [-0.25, -0.2) is 0 Å². The highest BCUT2D eigenvalue weighted by Gasteiger charge is 2.29. The molecule has 0 aliphatic carbocycles. The zero-order valence-electron chi connectivity index (χ0n) is 12.3. The number of benzene rings is 1. The van der Waals surface area contributed by atoms with Crippen LogP contribution in [0.2, 0.25) is 5.02 Å². The van der Waals surface area contributed by atoms with E-state index in [9.17, 15) is 4.79 Å². The summed E-state index contributed by atoms with van der Waals surface area (Å²) in [7, 11) is 0. The average molecular weight is 312 g/mol.